The van der Waals surface area contributed by atoms with Crippen molar-refractivity contribution in [3.05, 3.63) is 176 Å². The van der Waals surface area contributed by atoms with Crippen molar-refractivity contribution in [2.45, 2.75) is 0 Å². The molecule has 0 aliphatic heterocycles. The van der Waals surface area contributed by atoms with E-state index in [1.54, 1.807) is 0 Å². The summed E-state index contributed by atoms with van der Waals surface area (Å²) in [6.07, 6.45) is 0. The maximum atomic E-state index is 7.04. The van der Waals surface area contributed by atoms with E-state index in [1.165, 1.54) is 20.2 Å². The quantitative estimate of drug-likeness (QED) is 0.175. The summed E-state index contributed by atoms with van der Waals surface area (Å²) in [7, 11) is 0. The molecule has 266 valence electrons. The number of nitrogens with zero attached hydrogens (tertiary/aromatic N) is 3. The van der Waals surface area contributed by atoms with E-state index >= 15 is 0 Å². The van der Waals surface area contributed by atoms with Crippen LogP contribution in [0.2, 0.25) is 0 Å². The molecule has 12 aromatic rings. The van der Waals surface area contributed by atoms with Gasteiger partial charge < -0.3 is 8.83 Å². The molecule has 0 unspecified atom stereocenters. The molecule has 8 aromatic carbocycles. The van der Waals surface area contributed by atoms with Gasteiger partial charge in [-0.05, 0) is 53.6 Å². The molecule has 5 nitrogen and oxygen atoms in total. The molecule has 4 heterocycles. The van der Waals surface area contributed by atoms with Crippen molar-refractivity contribution in [2.24, 2.45) is 0 Å². The van der Waals surface area contributed by atoms with Gasteiger partial charge in [0.2, 0.25) is 0 Å². The first kappa shape index (κ1) is 31.9. The highest BCUT2D eigenvalue weighted by atomic mass is 32.1. The van der Waals surface area contributed by atoms with Crippen molar-refractivity contribution in [1.29, 1.82) is 0 Å². The molecule has 0 fully saturated rings. The lowest BCUT2D eigenvalue weighted by atomic mass is 9.94. The molecule has 0 saturated heterocycles. The summed E-state index contributed by atoms with van der Waals surface area (Å²) in [4.78, 5) is 15.0. The Bertz CT molecular complexity index is 3470. The second-order valence-corrected chi connectivity index (χ2v) is 15.4. The molecule has 6 heteroatoms. The third-order valence-corrected chi connectivity index (χ3v) is 12.1. The van der Waals surface area contributed by atoms with Crippen molar-refractivity contribution in [3.8, 4) is 56.4 Å². The number of hydrogen-bond acceptors (Lipinski definition) is 6. The van der Waals surface area contributed by atoms with E-state index in [4.69, 9.17) is 23.8 Å². The van der Waals surface area contributed by atoms with Gasteiger partial charge in [0.05, 0.1) is 5.56 Å². The van der Waals surface area contributed by atoms with E-state index in [0.717, 1.165) is 82.8 Å². The molecular formula is C51H29N3O2S. The van der Waals surface area contributed by atoms with Crippen molar-refractivity contribution in [1.82, 2.24) is 15.0 Å². The zero-order chi connectivity index (χ0) is 37.5. The number of thiophene rings is 1. The molecule has 57 heavy (non-hydrogen) atoms. The summed E-state index contributed by atoms with van der Waals surface area (Å²) in [5.41, 5.74) is 9.98. The Morgan fingerprint density at radius 3 is 1.63 bits per heavy atom. The highest BCUT2D eigenvalue weighted by Crippen LogP contribution is 2.45. The molecule has 0 amide bonds. The predicted molar refractivity (Wildman–Crippen MR) is 234 cm³/mol. The molecule has 4 aromatic heterocycles. The van der Waals surface area contributed by atoms with E-state index in [-0.39, 0.29) is 0 Å². The zero-order valence-corrected chi connectivity index (χ0v) is 31.1. The van der Waals surface area contributed by atoms with Crippen LogP contribution in [-0.2, 0) is 0 Å². The Balaban J connectivity index is 1.09. The lowest BCUT2D eigenvalue weighted by Gasteiger charge is -2.09. The lowest BCUT2D eigenvalue weighted by Crippen LogP contribution is -2.00. The highest BCUT2D eigenvalue weighted by molar-refractivity contribution is 7.25. The number of fused-ring (bicyclic) bond motifs is 9. The number of benzene rings is 8. The molecule has 0 bridgehead atoms. The average Bonchev–Trinajstić information content (AvgIpc) is 3.98. The number of furan rings is 2. The van der Waals surface area contributed by atoms with Gasteiger partial charge in [0, 0.05) is 64.0 Å². The molecule has 0 atom stereocenters. The minimum atomic E-state index is 0.548. The Hall–Kier alpha value is -7.41. The van der Waals surface area contributed by atoms with Crippen molar-refractivity contribution in [3.63, 3.8) is 0 Å². The van der Waals surface area contributed by atoms with Gasteiger partial charge in [-0.3, -0.25) is 0 Å². The maximum absolute atomic E-state index is 7.04. The Kier molecular flexibility index (Phi) is 7.03. The van der Waals surface area contributed by atoms with Gasteiger partial charge in [0.15, 0.2) is 17.5 Å². The minimum Gasteiger partial charge on any atom is -0.455 e. The maximum Gasteiger partial charge on any atom is 0.167 e. The summed E-state index contributed by atoms with van der Waals surface area (Å²) >= 11 is 1.83. The first-order chi connectivity index (χ1) is 28.2. The van der Waals surface area contributed by atoms with E-state index in [0.29, 0.717) is 17.5 Å². The lowest BCUT2D eigenvalue weighted by molar-refractivity contribution is 0.665. The van der Waals surface area contributed by atoms with Gasteiger partial charge in [-0.2, -0.15) is 0 Å². The van der Waals surface area contributed by atoms with E-state index in [9.17, 15) is 0 Å². The third kappa shape index (κ3) is 5.12. The first-order valence-electron chi connectivity index (χ1n) is 18.9. The number of aromatic nitrogens is 3. The minimum absolute atomic E-state index is 0.548. The number of hydrogen-bond donors (Lipinski definition) is 0. The van der Waals surface area contributed by atoms with Crippen LogP contribution in [0.15, 0.2) is 185 Å². The van der Waals surface area contributed by atoms with Crippen LogP contribution in [0.5, 0.6) is 0 Å². The largest absolute Gasteiger partial charge is 0.455 e. The summed E-state index contributed by atoms with van der Waals surface area (Å²) < 4.78 is 16.3. The smallest absolute Gasteiger partial charge is 0.167 e. The fraction of sp³-hybridized carbons (Fsp3) is 0. The van der Waals surface area contributed by atoms with E-state index in [1.807, 2.05) is 90.2 Å². The zero-order valence-electron chi connectivity index (χ0n) is 30.3. The Morgan fingerprint density at radius 1 is 0.316 bits per heavy atom. The summed E-state index contributed by atoms with van der Waals surface area (Å²) in [6, 6.07) is 60.9. The van der Waals surface area contributed by atoms with Gasteiger partial charge in [-0.15, -0.1) is 11.3 Å². The van der Waals surface area contributed by atoms with Gasteiger partial charge in [-0.25, -0.2) is 15.0 Å². The fourth-order valence-corrected chi connectivity index (χ4v) is 9.32. The third-order valence-electron chi connectivity index (χ3n) is 10.9. The number of rotatable bonds is 5. The summed E-state index contributed by atoms with van der Waals surface area (Å²) in [5, 5.41) is 6.68. The SMILES string of the molecule is c1ccc(-c2nc(-c3ccccc3)nc(-c3cccc4c3oc3c(-c5cc(-c6ccc7sc8ccccc8c7c6)cc6c5oc5ccccc56)cccc34)n2)cc1. The topological polar surface area (TPSA) is 65.0 Å². The molecular weight excluding hydrogens is 719 g/mol. The Morgan fingerprint density at radius 2 is 0.877 bits per heavy atom. The van der Waals surface area contributed by atoms with Gasteiger partial charge in [0.25, 0.3) is 0 Å². The van der Waals surface area contributed by atoms with Crippen LogP contribution in [-0.4, -0.2) is 15.0 Å². The molecule has 0 radical (unpaired) electrons. The predicted octanol–water partition coefficient (Wildman–Crippen LogP) is 14.4. The fourth-order valence-electron chi connectivity index (χ4n) is 8.24. The second kappa shape index (κ2) is 12.6. The highest BCUT2D eigenvalue weighted by Gasteiger charge is 2.22. The normalized spacial score (nSPS) is 11.9. The van der Waals surface area contributed by atoms with Crippen LogP contribution in [0.4, 0.5) is 0 Å². The van der Waals surface area contributed by atoms with Gasteiger partial charge in [0.1, 0.15) is 22.3 Å². The monoisotopic (exact) mass is 747 g/mol. The second-order valence-electron chi connectivity index (χ2n) is 14.3. The van der Waals surface area contributed by atoms with Gasteiger partial charge >= 0.3 is 0 Å². The average molecular weight is 748 g/mol. The van der Waals surface area contributed by atoms with Crippen molar-refractivity contribution >= 4 is 75.4 Å². The van der Waals surface area contributed by atoms with Gasteiger partial charge in [-0.1, -0.05) is 133 Å². The van der Waals surface area contributed by atoms with Crippen molar-refractivity contribution in [2.75, 3.05) is 0 Å². The molecule has 0 saturated carbocycles. The van der Waals surface area contributed by atoms with Crippen LogP contribution in [0.25, 0.3) is 120 Å². The van der Waals surface area contributed by atoms with Crippen LogP contribution >= 0.6 is 11.3 Å². The van der Waals surface area contributed by atoms with Crippen LogP contribution in [0.3, 0.4) is 0 Å². The molecule has 0 N–H and O–H groups in total. The van der Waals surface area contributed by atoms with Crippen LogP contribution < -0.4 is 0 Å². The Labute approximate surface area is 330 Å². The van der Waals surface area contributed by atoms with E-state index in [2.05, 4.69) is 97.1 Å². The molecule has 0 aliphatic rings. The van der Waals surface area contributed by atoms with Crippen molar-refractivity contribution < 1.29 is 8.83 Å². The molecule has 0 spiro atoms. The van der Waals surface area contributed by atoms with Crippen LogP contribution in [0, 0.1) is 0 Å². The molecule has 12 rings (SSSR count). The van der Waals surface area contributed by atoms with Crippen LogP contribution in [0.1, 0.15) is 0 Å². The van der Waals surface area contributed by atoms with E-state index < -0.39 is 0 Å². The first-order valence-corrected chi connectivity index (χ1v) is 19.7. The summed E-state index contributed by atoms with van der Waals surface area (Å²) in [6.45, 7) is 0. The molecule has 0 aliphatic carbocycles. The standard InChI is InChI=1S/C51H29N3O2S/c1-3-13-30(14-4-1)49-52-50(31-15-5-2-6-16-31)54-51(53-49)39-22-12-20-37-36-19-11-21-38(46(36)56-47(37)39)42-29-33(28-41-34-17-7-9-23-43(34)55-48(41)42)32-25-26-45-40(27-32)35-18-8-10-24-44(35)57-45/h1-29H. The summed E-state index contributed by atoms with van der Waals surface area (Å²) in [5.74, 6) is 1.75. The number of para-hydroxylation sites is 3.